The van der Waals surface area contributed by atoms with Crippen LogP contribution in [0.4, 0.5) is 16.2 Å². The van der Waals surface area contributed by atoms with E-state index >= 15 is 0 Å². The lowest BCUT2D eigenvalue weighted by atomic mass is 10.1. The van der Waals surface area contributed by atoms with E-state index in [0.717, 1.165) is 11.0 Å². The summed E-state index contributed by atoms with van der Waals surface area (Å²) < 4.78 is 4.91. The number of aromatic hydroxyl groups is 1. The number of anilines is 1. The third kappa shape index (κ3) is 2.93. The zero-order chi connectivity index (χ0) is 18.8. The van der Waals surface area contributed by atoms with Crippen LogP contribution in [0.2, 0.25) is 0 Å². The molecule has 3 amide bonds. The number of urea groups is 1. The number of hydrogen-bond acceptors (Lipinski definition) is 6. The highest BCUT2D eigenvalue weighted by Gasteiger charge is 2.35. The number of hydrogen-bond donors (Lipinski definition) is 2. The number of benzene rings is 2. The van der Waals surface area contributed by atoms with Crippen molar-refractivity contribution < 1.29 is 24.4 Å². The van der Waals surface area contributed by atoms with Gasteiger partial charge in [-0.2, -0.15) is 0 Å². The Morgan fingerprint density at radius 2 is 1.92 bits per heavy atom. The van der Waals surface area contributed by atoms with Gasteiger partial charge in [-0.25, -0.2) is 9.69 Å². The average molecular weight is 355 g/mol. The Morgan fingerprint density at radius 3 is 2.54 bits per heavy atom. The second-order valence-electron chi connectivity index (χ2n) is 5.31. The first-order valence-corrected chi connectivity index (χ1v) is 7.40. The van der Waals surface area contributed by atoms with E-state index in [1.807, 2.05) is 0 Å². The normalized spacial score (nSPS) is 15.3. The molecule has 2 aromatic carbocycles. The molecule has 0 aliphatic carbocycles. The Hall–Kier alpha value is -3.88. The number of para-hydroxylation sites is 1. The molecule has 0 unspecified atom stereocenters. The molecule has 1 fully saturated rings. The largest absolute Gasteiger partial charge is 0.500 e. The van der Waals surface area contributed by atoms with Crippen molar-refractivity contribution in [3.63, 3.8) is 0 Å². The second-order valence-corrected chi connectivity index (χ2v) is 5.31. The van der Waals surface area contributed by atoms with Crippen LogP contribution in [-0.2, 0) is 4.79 Å². The summed E-state index contributed by atoms with van der Waals surface area (Å²) in [4.78, 5) is 35.9. The highest BCUT2D eigenvalue weighted by atomic mass is 16.6. The zero-order valence-electron chi connectivity index (χ0n) is 13.5. The first kappa shape index (κ1) is 17.0. The molecule has 0 bridgehead atoms. The van der Waals surface area contributed by atoms with E-state index in [0.29, 0.717) is 5.69 Å². The number of amides is 3. The summed E-state index contributed by atoms with van der Waals surface area (Å²) in [6, 6.07) is 10.1. The van der Waals surface area contributed by atoms with E-state index in [9.17, 15) is 24.8 Å². The number of carbonyl (C=O) groups excluding carboxylic acids is 2. The number of ether oxygens (including phenoxy) is 1. The van der Waals surface area contributed by atoms with Crippen LogP contribution >= 0.6 is 0 Å². The van der Waals surface area contributed by atoms with Crippen molar-refractivity contribution >= 4 is 29.4 Å². The number of methoxy groups -OCH3 is 1. The van der Waals surface area contributed by atoms with E-state index in [-0.39, 0.29) is 17.0 Å². The fourth-order valence-electron chi connectivity index (χ4n) is 2.51. The number of nitrogens with one attached hydrogen (secondary N) is 1. The minimum Gasteiger partial charge on any atom is -0.500 e. The lowest BCUT2D eigenvalue weighted by molar-refractivity contribution is -0.386. The van der Waals surface area contributed by atoms with Crippen LogP contribution in [0.15, 0.2) is 48.2 Å². The van der Waals surface area contributed by atoms with Gasteiger partial charge in [0.1, 0.15) is 5.70 Å². The number of phenols is 1. The van der Waals surface area contributed by atoms with Crippen LogP contribution < -0.4 is 15.0 Å². The Labute approximate surface area is 147 Å². The molecule has 3 rings (SSSR count). The molecule has 1 heterocycles. The second kappa shape index (κ2) is 6.55. The molecule has 0 aromatic heterocycles. The standard InChI is InChI=1S/C17H13N3O6/c1-26-14-9-10(8-13(15(14)21)20(24)25)7-12-16(22)19(17(23)18-12)11-5-3-2-4-6-11/h2-9,21H,1H3,(H,18,23). The SMILES string of the molecule is COc1cc(C=C2NC(=O)N(c3ccccc3)C2=O)cc([N+](=O)[O-])c1O. The van der Waals surface area contributed by atoms with Gasteiger partial charge in [0.25, 0.3) is 5.91 Å². The predicted octanol–water partition coefficient (Wildman–Crippen LogP) is 2.41. The van der Waals surface area contributed by atoms with Crippen molar-refractivity contribution in [1.29, 1.82) is 0 Å². The highest BCUT2D eigenvalue weighted by Crippen LogP contribution is 2.37. The molecule has 2 aromatic rings. The fraction of sp³-hybridized carbons (Fsp3) is 0.0588. The highest BCUT2D eigenvalue weighted by molar-refractivity contribution is 6.28. The lowest BCUT2D eigenvalue weighted by Gasteiger charge is -2.10. The van der Waals surface area contributed by atoms with E-state index in [4.69, 9.17) is 4.74 Å². The predicted molar refractivity (Wildman–Crippen MR) is 91.7 cm³/mol. The first-order valence-electron chi connectivity index (χ1n) is 7.40. The van der Waals surface area contributed by atoms with E-state index < -0.39 is 28.3 Å². The Kier molecular flexibility index (Phi) is 4.27. The minimum atomic E-state index is -0.773. The van der Waals surface area contributed by atoms with Crippen LogP contribution in [-0.4, -0.2) is 29.1 Å². The zero-order valence-corrected chi connectivity index (χ0v) is 13.5. The van der Waals surface area contributed by atoms with Crippen molar-refractivity contribution in [3.8, 4) is 11.5 Å². The number of carbonyl (C=O) groups is 2. The fourth-order valence-corrected chi connectivity index (χ4v) is 2.51. The number of imide groups is 1. The third-order valence-electron chi connectivity index (χ3n) is 3.70. The molecule has 1 saturated heterocycles. The van der Waals surface area contributed by atoms with Gasteiger partial charge in [0, 0.05) is 6.07 Å². The molecule has 9 nitrogen and oxygen atoms in total. The Balaban J connectivity index is 2.01. The van der Waals surface area contributed by atoms with Gasteiger partial charge in [-0.05, 0) is 29.8 Å². The molecule has 0 spiro atoms. The van der Waals surface area contributed by atoms with Crippen molar-refractivity contribution in [1.82, 2.24) is 5.32 Å². The van der Waals surface area contributed by atoms with Gasteiger partial charge in [0.15, 0.2) is 5.75 Å². The summed E-state index contributed by atoms with van der Waals surface area (Å²) in [5.41, 5.74) is -0.0219. The van der Waals surface area contributed by atoms with Gasteiger partial charge < -0.3 is 15.2 Å². The summed E-state index contributed by atoms with van der Waals surface area (Å²) in [6.45, 7) is 0. The van der Waals surface area contributed by atoms with E-state index in [2.05, 4.69) is 5.32 Å². The van der Waals surface area contributed by atoms with Crippen molar-refractivity contribution in [2.75, 3.05) is 12.0 Å². The number of nitro benzene ring substituents is 1. The maximum Gasteiger partial charge on any atom is 0.333 e. The van der Waals surface area contributed by atoms with Crippen molar-refractivity contribution in [2.45, 2.75) is 0 Å². The third-order valence-corrected chi connectivity index (χ3v) is 3.70. The molecule has 0 radical (unpaired) electrons. The molecule has 0 saturated carbocycles. The van der Waals surface area contributed by atoms with Crippen LogP contribution in [0.25, 0.3) is 6.08 Å². The molecule has 0 atom stereocenters. The lowest BCUT2D eigenvalue weighted by Crippen LogP contribution is -2.30. The van der Waals surface area contributed by atoms with Gasteiger partial charge in [0.2, 0.25) is 5.75 Å². The molecule has 26 heavy (non-hydrogen) atoms. The Morgan fingerprint density at radius 1 is 1.23 bits per heavy atom. The Bertz CT molecular complexity index is 939. The van der Waals surface area contributed by atoms with E-state index in [1.54, 1.807) is 30.3 Å². The molecule has 1 aliphatic heterocycles. The number of nitrogens with zero attached hydrogens (tertiary/aromatic N) is 2. The van der Waals surface area contributed by atoms with Crippen LogP contribution in [0.1, 0.15) is 5.56 Å². The quantitative estimate of drug-likeness (QED) is 0.376. The van der Waals surface area contributed by atoms with Gasteiger partial charge in [-0.15, -0.1) is 0 Å². The average Bonchev–Trinajstić information content (AvgIpc) is 2.90. The first-order chi connectivity index (χ1) is 12.4. The van der Waals surface area contributed by atoms with Crippen LogP contribution in [0, 0.1) is 10.1 Å². The van der Waals surface area contributed by atoms with Gasteiger partial charge in [-0.3, -0.25) is 14.9 Å². The molecule has 2 N–H and O–H groups in total. The topological polar surface area (TPSA) is 122 Å². The molecule has 132 valence electrons. The van der Waals surface area contributed by atoms with Gasteiger partial charge in [-0.1, -0.05) is 18.2 Å². The summed E-state index contributed by atoms with van der Waals surface area (Å²) in [6.07, 6.45) is 1.28. The smallest absolute Gasteiger partial charge is 0.333 e. The monoisotopic (exact) mass is 355 g/mol. The van der Waals surface area contributed by atoms with Gasteiger partial charge in [0.05, 0.1) is 17.7 Å². The molecular weight excluding hydrogens is 342 g/mol. The number of phenolic OH excluding ortho intramolecular Hbond substituents is 1. The summed E-state index contributed by atoms with van der Waals surface area (Å²) in [5.74, 6) is -1.34. The number of rotatable bonds is 4. The number of nitro groups is 1. The minimum absolute atomic E-state index is 0.0547. The van der Waals surface area contributed by atoms with E-state index in [1.165, 1.54) is 19.3 Å². The maximum atomic E-state index is 12.5. The van der Waals surface area contributed by atoms with Crippen molar-refractivity contribution in [2.24, 2.45) is 0 Å². The summed E-state index contributed by atoms with van der Waals surface area (Å²) >= 11 is 0. The van der Waals surface area contributed by atoms with Crippen LogP contribution in [0.5, 0.6) is 11.5 Å². The molecule has 9 heteroatoms. The van der Waals surface area contributed by atoms with Crippen LogP contribution in [0.3, 0.4) is 0 Å². The van der Waals surface area contributed by atoms with Gasteiger partial charge >= 0.3 is 11.7 Å². The summed E-state index contributed by atoms with van der Waals surface area (Å²) in [5, 5.41) is 23.3. The molecule has 1 aliphatic rings. The summed E-state index contributed by atoms with van der Waals surface area (Å²) in [7, 11) is 1.25. The molecular formula is C17H13N3O6. The maximum absolute atomic E-state index is 12.5. The van der Waals surface area contributed by atoms with Crippen molar-refractivity contribution in [3.05, 3.63) is 63.8 Å².